The molecule has 0 aliphatic heterocycles. The van der Waals surface area contributed by atoms with Crippen molar-refractivity contribution in [3.63, 3.8) is 0 Å². The molecule has 0 saturated heterocycles. The van der Waals surface area contributed by atoms with E-state index >= 15 is 0 Å². The minimum Gasteiger partial charge on any atom is -0.295 e. The fourth-order valence-electron chi connectivity index (χ4n) is 1.67. The van der Waals surface area contributed by atoms with Crippen molar-refractivity contribution in [2.45, 2.75) is 19.3 Å². The lowest BCUT2D eigenvalue weighted by atomic mass is 10.1. The van der Waals surface area contributed by atoms with Crippen LogP contribution in [0.1, 0.15) is 24.8 Å². The smallest absolute Gasteiger partial charge is 0.158 e. The molecular weight excluding hydrogens is 196 g/mol. The van der Waals surface area contributed by atoms with E-state index in [9.17, 15) is 4.79 Å². The van der Waals surface area contributed by atoms with E-state index in [-0.39, 0.29) is 5.78 Å². The van der Waals surface area contributed by atoms with E-state index in [1.807, 2.05) is 30.3 Å². The van der Waals surface area contributed by atoms with Gasteiger partial charge in [-0.15, -0.1) is 0 Å². The van der Waals surface area contributed by atoms with Crippen molar-refractivity contribution in [2.24, 2.45) is 0 Å². The highest BCUT2D eigenvalue weighted by molar-refractivity contribution is 6.32. The van der Waals surface area contributed by atoms with E-state index in [1.165, 1.54) is 0 Å². The van der Waals surface area contributed by atoms with E-state index in [4.69, 9.17) is 11.6 Å². The molecule has 0 N–H and O–H groups in total. The summed E-state index contributed by atoms with van der Waals surface area (Å²) in [6.45, 7) is 0. The van der Waals surface area contributed by atoms with Gasteiger partial charge in [-0.1, -0.05) is 29.8 Å². The first-order valence-electron chi connectivity index (χ1n) is 4.75. The van der Waals surface area contributed by atoms with Crippen LogP contribution in [0.5, 0.6) is 0 Å². The molecular formula is C12H11ClO. The highest BCUT2D eigenvalue weighted by Gasteiger charge is 2.16. The van der Waals surface area contributed by atoms with Gasteiger partial charge in [-0.05, 0) is 36.1 Å². The molecule has 0 heterocycles. The Kier molecular flexibility index (Phi) is 2.69. The number of ketones is 1. The number of rotatable bonds is 1. The van der Waals surface area contributed by atoms with Crippen molar-refractivity contribution < 1.29 is 4.79 Å². The van der Waals surface area contributed by atoms with Crippen LogP contribution in [0, 0.1) is 0 Å². The van der Waals surface area contributed by atoms with Crippen LogP contribution in [-0.4, -0.2) is 5.78 Å². The lowest BCUT2D eigenvalue weighted by molar-refractivity contribution is -0.114. The number of carbonyl (C=O) groups is 1. The molecule has 0 spiro atoms. The Labute approximate surface area is 88.4 Å². The third-order valence-electron chi connectivity index (χ3n) is 2.44. The Morgan fingerprint density at radius 2 is 2.00 bits per heavy atom. The van der Waals surface area contributed by atoms with Gasteiger partial charge in [-0.2, -0.15) is 0 Å². The maximum absolute atomic E-state index is 11.4. The molecule has 1 nitrogen and oxygen atoms in total. The Hall–Kier alpha value is -1.08. The summed E-state index contributed by atoms with van der Waals surface area (Å²) in [6, 6.07) is 7.59. The van der Waals surface area contributed by atoms with Gasteiger partial charge in [0.05, 0.1) is 0 Å². The van der Waals surface area contributed by atoms with Crippen molar-refractivity contribution >= 4 is 23.5 Å². The minimum atomic E-state index is 0.268. The fraction of sp³-hybridized carbons (Fsp3) is 0.250. The van der Waals surface area contributed by atoms with Crippen molar-refractivity contribution in [2.75, 3.05) is 0 Å². The molecule has 1 aliphatic carbocycles. The first-order valence-corrected chi connectivity index (χ1v) is 5.13. The molecule has 0 unspecified atom stereocenters. The topological polar surface area (TPSA) is 17.1 Å². The lowest BCUT2D eigenvalue weighted by Gasteiger charge is -1.98. The van der Waals surface area contributed by atoms with Gasteiger partial charge in [0.25, 0.3) is 0 Å². The van der Waals surface area contributed by atoms with Crippen LogP contribution in [0.4, 0.5) is 0 Å². The standard InChI is InChI=1S/C12H11ClO/c13-11-6-2-1-4-9(11)8-10-5-3-7-12(10)14/h1-2,4,6,8H,3,5,7H2/b10-8+. The van der Waals surface area contributed by atoms with E-state index in [0.29, 0.717) is 11.4 Å². The van der Waals surface area contributed by atoms with E-state index < -0.39 is 0 Å². The SMILES string of the molecule is O=C1CCC/C1=C\c1ccccc1Cl. The van der Waals surface area contributed by atoms with Crippen LogP contribution < -0.4 is 0 Å². The predicted molar refractivity (Wildman–Crippen MR) is 58.3 cm³/mol. The molecule has 2 rings (SSSR count). The minimum absolute atomic E-state index is 0.268. The summed E-state index contributed by atoms with van der Waals surface area (Å²) in [5, 5.41) is 0.708. The number of benzene rings is 1. The van der Waals surface area contributed by atoms with Crippen molar-refractivity contribution in [3.05, 3.63) is 40.4 Å². The average molecular weight is 207 g/mol. The molecule has 0 radical (unpaired) electrons. The monoisotopic (exact) mass is 206 g/mol. The summed E-state index contributed by atoms with van der Waals surface area (Å²) in [5.74, 6) is 0.268. The zero-order valence-electron chi connectivity index (χ0n) is 7.79. The van der Waals surface area contributed by atoms with E-state index in [1.54, 1.807) is 0 Å². The van der Waals surface area contributed by atoms with Gasteiger partial charge in [0, 0.05) is 11.4 Å². The summed E-state index contributed by atoms with van der Waals surface area (Å²) in [4.78, 5) is 11.4. The number of hydrogen-bond acceptors (Lipinski definition) is 1. The van der Waals surface area contributed by atoms with Crippen LogP contribution in [0.3, 0.4) is 0 Å². The van der Waals surface area contributed by atoms with Crippen LogP contribution >= 0.6 is 11.6 Å². The first kappa shape index (κ1) is 9.47. The quantitative estimate of drug-likeness (QED) is 0.643. The molecule has 1 aromatic rings. The summed E-state index contributed by atoms with van der Waals surface area (Å²) in [5.41, 5.74) is 1.86. The van der Waals surface area contributed by atoms with E-state index in [2.05, 4.69) is 0 Å². The van der Waals surface area contributed by atoms with Crippen LogP contribution in [0.25, 0.3) is 6.08 Å². The molecule has 1 aromatic carbocycles. The van der Waals surface area contributed by atoms with Gasteiger partial charge in [-0.3, -0.25) is 4.79 Å². The summed E-state index contributed by atoms with van der Waals surface area (Å²) in [6.07, 6.45) is 4.48. The van der Waals surface area contributed by atoms with Crippen LogP contribution in [-0.2, 0) is 4.79 Å². The summed E-state index contributed by atoms with van der Waals surface area (Å²) >= 11 is 5.99. The number of carbonyl (C=O) groups excluding carboxylic acids is 1. The number of hydrogen-bond donors (Lipinski definition) is 0. The second kappa shape index (κ2) is 3.97. The molecule has 0 amide bonds. The maximum Gasteiger partial charge on any atom is 0.158 e. The molecule has 1 fully saturated rings. The first-order chi connectivity index (χ1) is 6.77. The van der Waals surface area contributed by atoms with Gasteiger partial charge in [0.2, 0.25) is 0 Å². The third-order valence-corrected chi connectivity index (χ3v) is 2.79. The van der Waals surface area contributed by atoms with Crippen molar-refractivity contribution in [1.82, 2.24) is 0 Å². The fourth-order valence-corrected chi connectivity index (χ4v) is 1.86. The summed E-state index contributed by atoms with van der Waals surface area (Å²) < 4.78 is 0. The van der Waals surface area contributed by atoms with Gasteiger partial charge in [0.1, 0.15) is 0 Å². The highest BCUT2D eigenvalue weighted by atomic mass is 35.5. The Morgan fingerprint density at radius 1 is 1.21 bits per heavy atom. The van der Waals surface area contributed by atoms with Crippen molar-refractivity contribution in [1.29, 1.82) is 0 Å². The predicted octanol–water partition coefficient (Wildman–Crippen LogP) is 3.48. The summed E-state index contributed by atoms with van der Waals surface area (Å²) in [7, 11) is 0. The maximum atomic E-state index is 11.4. The lowest BCUT2D eigenvalue weighted by Crippen LogP contribution is -1.90. The van der Waals surface area contributed by atoms with Crippen LogP contribution in [0.15, 0.2) is 29.8 Å². The molecule has 0 atom stereocenters. The zero-order chi connectivity index (χ0) is 9.97. The molecule has 0 aromatic heterocycles. The van der Waals surface area contributed by atoms with Crippen molar-refractivity contribution in [3.8, 4) is 0 Å². The van der Waals surface area contributed by atoms with E-state index in [0.717, 1.165) is 24.0 Å². The normalized spacial score (nSPS) is 19.2. The number of Topliss-reactive ketones (excluding diaryl/α,β-unsaturated/α-hetero) is 1. The molecule has 14 heavy (non-hydrogen) atoms. The van der Waals surface area contributed by atoms with Gasteiger partial charge >= 0.3 is 0 Å². The molecule has 1 saturated carbocycles. The molecule has 1 aliphatic rings. The van der Waals surface area contributed by atoms with Gasteiger partial charge < -0.3 is 0 Å². The second-order valence-corrected chi connectivity index (χ2v) is 3.88. The molecule has 2 heteroatoms. The Morgan fingerprint density at radius 3 is 2.64 bits per heavy atom. The average Bonchev–Trinajstić information content (AvgIpc) is 2.56. The number of allylic oxidation sites excluding steroid dienone is 1. The Bertz CT molecular complexity index is 393. The number of halogens is 1. The second-order valence-electron chi connectivity index (χ2n) is 3.47. The highest BCUT2D eigenvalue weighted by Crippen LogP contribution is 2.25. The third kappa shape index (κ3) is 1.88. The van der Waals surface area contributed by atoms with Crippen LogP contribution in [0.2, 0.25) is 5.02 Å². The largest absolute Gasteiger partial charge is 0.295 e. The molecule has 72 valence electrons. The molecule has 0 bridgehead atoms. The Balaban J connectivity index is 2.33. The van der Waals surface area contributed by atoms with Gasteiger partial charge in [0.15, 0.2) is 5.78 Å². The van der Waals surface area contributed by atoms with Gasteiger partial charge in [-0.25, -0.2) is 0 Å². The zero-order valence-corrected chi connectivity index (χ0v) is 8.55.